The van der Waals surface area contributed by atoms with Crippen molar-refractivity contribution < 1.29 is 9.59 Å². The van der Waals surface area contributed by atoms with Gasteiger partial charge < -0.3 is 16.0 Å². The maximum absolute atomic E-state index is 12.6. The molecular formula is C24H31N7O2. The van der Waals surface area contributed by atoms with Gasteiger partial charge in [0.1, 0.15) is 11.4 Å². The molecule has 1 saturated heterocycles. The minimum Gasteiger partial charge on any atom is -0.365 e. The average Bonchev–Trinajstić information content (AvgIpc) is 3.03. The lowest BCUT2D eigenvalue weighted by Crippen LogP contribution is -2.26. The number of hydrogen-bond acceptors (Lipinski definition) is 6. The van der Waals surface area contributed by atoms with Gasteiger partial charge in [0.2, 0.25) is 5.91 Å². The first-order valence-electron chi connectivity index (χ1n) is 11.5. The maximum atomic E-state index is 12.6. The number of anilines is 1. The molecule has 0 unspecified atom stereocenters. The molecule has 0 spiro atoms. The number of carbonyl (C=O) groups excluding carboxylic acids is 2. The van der Waals surface area contributed by atoms with Crippen molar-refractivity contribution in [2.24, 2.45) is 5.73 Å². The number of nitrogens with one attached hydrogen (secondary N) is 1. The predicted octanol–water partition coefficient (Wildman–Crippen LogP) is 2.47. The molecule has 33 heavy (non-hydrogen) atoms. The highest BCUT2D eigenvalue weighted by molar-refractivity contribution is 5.98. The molecule has 1 aliphatic heterocycles. The average molecular weight is 450 g/mol. The van der Waals surface area contributed by atoms with Crippen LogP contribution < -0.4 is 16.0 Å². The summed E-state index contributed by atoms with van der Waals surface area (Å²) in [5, 5.41) is 7.26. The first kappa shape index (κ1) is 22.7. The van der Waals surface area contributed by atoms with Gasteiger partial charge in [0, 0.05) is 43.6 Å². The van der Waals surface area contributed by atoms with E-state index in [1.807, 2.05) is 26.1 Å². The number of aromatic nitrogens is 4. The molecule has 3 aromatic heterocycles. The Morgan fingerprint density at radius 2 is 1.91 bits per heavy atom. The van der Waals surface area contributed by atoms with Crippen molar-refractivity contribution in [1.29, 1.82) is 0 Å². The Labute approximate surface area is 193 Å². The largest absolute Gasteiger partial charge is 0.365 e. The minimum absolute atomic E-state index is 0.0275. The number of carbonyl (C=O) groups is 2. The molecule has 174 valence electrons. The third-order valence-electron chi connectivity index (χ3n) is 6.31. The molecule has 0 atom stereocenters. The molecule has 0 bridgehead atoms. The molecule has 2 amide bonds. The Balaban J connectivity index is 1.37. The Kier molecular flexibility index (Phi) is 6.86. The van der Waals surface area contributed by atoms with Crippen LogP contribution in [0.1, 0.15) is 65.0 Å². The molecular weight excluding hydrogens is 418 g/mol. The van der Waals surface area contributed by atoms with Crippen molar-refractivity contribution in [2.75, 3.05) is 18.0 Å². The van der Waals surface area contributed by atoms with E-state index in [0.717, 1.165) is 41.4 Å². The highest BCUT2D eigenvalue weighted by atomic mass is 16.1. The zero-order valence-electron chi connectivity index (χ0n) is 19.3. The molecule has 3 N–H and O–H groups in total. The van der Waals surface area contributed by atoms with Crippen LogP contribution in [0.5, 0.6) is 0 Å². The number of fused-ring (bicyclic) bond motifs is 1. The SMILES string of the molecule is Cc1nc2c(C(N)=O)cnn2c(C)c1CCC(=O)NCc1ccnc(N2CCCCCC2)c1. The highest BCUT2D eigenvalue weighted by Crippen LogP contribution is 2.20. The molecule has 3 aromatic rings. The van der Waals surface area contributed by atoms with Crippen molar-refractivity contribution in [2.45, 2.75) is 58.9 Å². The summed E-state index contributed by atoms with van der Waals surface area (Å²) in [5.41, 5.74) is 9.77. The first-order chi connectivity index (χ1) is 15.9. The number of amides is 2. The van der Waals surface area contributed by atoms with Crippen LogP contribution >= 0.6 is 0 Å². The fourth-order valence-electron chi connectivity index (χ4n) is 4.42. The summed E-state index contributed by atoms with van der Waals surface area (Å²) >= 11 is 0. The second-order valence-electron chi connectivity index (χ2n) is 8.62. The van der Waals surface area contributed by atoms with Crippen molar-refractivity contribution in [3.63, 3.8) is 0 Å². The van der Waals surface area contributed by atoms with E-state index in [-0.39, 0.29) is 5.91 Å². The number of nitrogens with two attached hydrogens (primary N) is 1. The van der Waals surface area contributed by atoms with Crippen LogP contribution in [-0.4, -0.2) is 44.5 Å². The van der Waals surface area contributed by atoms with Crippen molar-refractivity contribution >= 4 is 23.3 Å². The van der Waals surface area contributed by atoms with Crippen LogP contribution in [0, 0.1) is 13.8 Å². The number of aryl methyl sites for hydroxylation is 2. The lowest BCUT2D eigenvalue weighted by Gasteiger charge is -2.21. The normalized spacial score (nSPS) is 14.3. The molecule has 9 heteroatoms. The molecule has 0 aliphatic carbocycles. The van der Waals surface area contributed by atoms with Gasteiger partial charge in [-0.2, -0.15) is 5.10 Å². The monoisotopic (exact) mass is 449 g/mol. The fourth-order valence-corrected chi connectivity index (χ4v) is 4.42. The van der Waals surface area contributed by atoms with Gasteiger partial charge in [0.25, 0.3) is 5.91 Å². The van der Waals surface area contributed by atoms with Gasteiger partial charge in [-0.1, -0.05) is 12.8 Å². The van der Waals surface area contributed by atoms with Crippen molar-refractivity contribution in [3.05, 3.63) is 52.6 Å². The summed E-state index contributed by atoms with van der Waals surface area (Å²) < 4.78 is 1.61. The Morgan fingerprint density at radius 1 is 1.15 bits per heavy atom. The Bertz CT molecular complexity index is 1160. The Hall–Kier alpha value is -3.49. The van der Waals surface area contributed by atoms with E-state index in [0.29, 0.717) is 30.6 Å². The number of primary amides is 1. The van der Waals surface area contributed by atoms with Gasteiger partial charge >= 0.3 is 0 Å². The van der Waals surface area contributed by atoms with E-state index >= 15 is 0 Å². The summed E-state index contributed by atoms with van der Waals surface area (Å²) in [6, 6.07) is 4.02. The zero-order chi connectivity index (χ0) is 23.4. The van der Waals surface area contributed by atoms with E-state index in [9.17, 15) is 9.59 Å². The minimum atomic E-state index is -0.557. The van der Waals surface area contributed by atoms with E-state index in [1.54, 1.807) is 4.52 Å². The third kappa shape index (κ3) is 5.13. The number of pyridine rings is 1. The second-order valence-corrected chi connectivity index (χ2v) is 8.62. The van der Waals surface area contributed by atoms with Crippen LogP contribution in [0.25, 0.3) is 5.65 Å². The standard InChI is InChI=1S/C24H31N7O2/c1-16-19(17(2)31-24(29-16)20(15-28-31)23(25)33)7-8-22(32)27-14-18-9-10-26-21(13-18)30-11-5-3-4-6-12-30/h9-10,13,15H,3-8,11-12,14H2,1-2H3,(H2,25,33)(H,27,32). The van der Waals surface area contributed by atoms with Gasteiger partial charge in [-0.15, -0.1) is 0 Å². The van der Waals surface area contributed by atoms with Crippen LogP contribution in [0.15, 0.2) is 24.5 Å². The molecule has 0 radical (unpaired) electrons. The van der Waals surface area contributed by atoms with Gasteiger partial charge in [0.05, 0.1) is 6.20 Å². The van der Waals surface area contributed by atoms with E-state index < -0.39 is 5.91 Å². The number of nitrogens with zero attached hydrogens (tertiary/aromatic N) is 5. The summed E-state index contributed by atoms with van der Waals surface area (Å²) in [6.45, 7) is 6.33. The number of rotatable bonds is 7. The number of hydrogen-bond donors (Lipinski definition) is 2. The van der Waals surface area contributed by atoms with Gasteiger partial charge in [-0.25, -0.2) is 14.5 Å². The highest BCUT2D eigenvalue weighted by Gasteiger charge is 2.17. The molecule has 4 rings (SSSR count). The smallest absolute Gasteiger partial charge is 0.254 e. The summed E-state index contributed by atoms with van der Waals surface area (Å²) in [7, 11) is 0. The summed E-state index contributed by atoms with van der Waals surface area (Å²) in [6.07, 6.45) is 9.08. The Morgan fingerprint density at radius 3 is 2.64 bits per heavy atom. The van der Waals surface area contributed by atoms with Crippen LogP contribution in [0.3, 0.4) is 0 Å². The van der Waals surface area contributed by atoms with Gasteiger partial charge in [-0.3, -0.25) is 9.59 Å². The lowest BCUT2D eigenvalue weighted by atomic mass is 10.1. The molecule has 0 saturated carbocycles. The topological polar surface area (TPSA) is 119 Å². The fraction of sp³-hybridized carbons (Fsp3) is 0.458. The van der Waals surface area contributed by atoms with Crippen molar-refractivity contribution in [1.82, 2.24) is 24.9 Å². The van der Waals surface area contributed by atoms with E-state index in [1.165, 1.54) is 31.9 Å². The van der Waals surface area contributed by atoms with Gasteiger partial charge in [-0.05, 0) is 56.4 Å². The zero-order valence-corrected chi connectivity index (χ0v) is 19.3. The van der Waals surface area contributed by atoms with E-state index in [4.69, 9.17) is 5.73 Å². The quantitative estimate of drug-likeness (QED) is 0.572. The molecule has 0 aromatic carbocycles. The molecule has 1 fully saturated rings. The van der Waals surface area contributed by atoms with Crippen molar-refractivity contribution in [3.8, 4) is 0 Å². The molecule has 1 aliphatic rings. The van der Waals surface area contributed by atoms with E-state index in [2.05, 4.69) is 31.3 Å². The molecule has 4 heterocycles. The van der Waals surface area contributed by atoms with Crippen LogP contribution in [-0.2, 0) is 17.8 Å². The lowest BCUT2D eigenvalue weighted by molar-refractivity contribution is -0.121. The molecule has 9 nitrogen and oxygen atoms in total. The van der Waals surface area contributed by atoms with Crippen LogP contribution in [0.2, 0.25) is 0 Å². The maximum Gasteiger partial charge on any atom is 0.254 e. The second kappa shape index (κ2) is 9.97. The first-order valence-corrected chi connectivity index (χ1v) is 11.5. The third-order valence-corrected chi connectivity index (χ3v) is 6.31. The van der Waals surface area contributed by atoms with Gasteiger partial charge in [0.15, 0.2) is 5.65 Å². The van der Waals surface area contributed by atoms with Crippen LogP contribution in [0.4, 0.5) is 5.82 Å². The summed E-state index contributed by atoms with van der Waals surface area (Å²) in [4.78, 5) is 35.5. The predicted molar refractivity (Wildman–Crippen MR) is 126 cm³/mol. The summed E-state index contributed by atoms with van der Waals surface area (Å²) in [5.74, 6) is 0.405.